The molecule has 0 fully saturated rings. The molecule has 4 aromatic rings. The number of carbonyl (C=O) groups is 1. The topological polar surface area (TPSA) is 101 Å². The summed E-state index contributed by atoms with van der Waals surface area (Å²) in [4.78, 5) is 28.7. The van der Waals surface area contributed by atoms with E-state index in [0.29, 0.717) is 27.5 Å². The number of anilines is 1. The minimum atomic E-state index is -0.580. The van der Waals surface area contributed by atoms with Gasteiger partial charge in [0.15, 0.2) is 10.7 Å². The molecule has 2 heterocycles. The first-order chi connectivity index (χ1) is 13.1. The first kappa shape index (κ1) is 16.8. The number of carbonyl (C=O) groups excluding carboxylic acids is 1. The van der Waals surface area contributed by atoms with Crippen molar-refractivity contribution in [3.63, 3.8) is 0 Å². The summed E-state index contributed by atoms with van der Waals surface area (Å²) in [7, 11) is 0. The fourth-order valence-corrected chi connectivity index (χ4v) is 3.38. The predicted molar refractivity (Wildman–Crippen MR) is 101 cm³/mol. The minimum absolute atomic E-state index is 0.165. The van der Waals surface area contributed by atoms with Gasteiger partial charge in [0.1, 0.15) is 6.54 Å². The molecular weight excluding hydrogens is 364 g/mol. The van der Waals surface area contributed by atoms with Crippen LogP contribution >= 0.6 is 11.3 Å². The SMILES string of the molecule is N#Cc1ccc(-c2csc(NC(=O)Cn3c(=O)oc4ccccc43)n2)cc1. The van der Waals surface area contributed by atoms with Gasteiger partial charge in [0.25, 0.3) is 0 Å². The van der Waals surface area contributed by atoms with E-state index in [1.807, 2.05) is 5.38 Å². The number of nitrogens with one attached hydrogen (secondary N) is 1. The molecule has 0 unspecified atom stereocenters. The molecule has 0 atom stereocenters. The van der Waals surface area contributed by atoms with Crippen LogP contribution in [0.5, 0.6) is 0 Å². The van der Waals surface area contributed by atoms with Crippen molar-refractivity contribution in [3.05, 3.63) is 70.0 Å². The third-order valence-corrected chi connectivity index (χ3v) is 4.69. The van der Waals surface area contributed by atoms with Crippen LogP contribution in [0.2, 0.25) is 0 Å². The van der Waals surface area contributed by atoms with Gasteiger partial charge in [0.2, 0.25) is 5.91 Å². The van der Waals surface area contributed by atoms with Gasteiger partial charge in [-0.2, -0.15) is 5.26 Å². The molecule has 0 aliphatic rings. The molecule has 0 saturated carbocycles. The molecule has 0 aliphatic heterocycles. The summed E-state index contributed by atoms with van der Waals surface area (Å²) in [5.41, 5.74) is 3.12. The average Bonchev–Trinajstić information content (AvgIpc) is 3.27. The molecule has 7 nitrogen and oxygen atoms in total. The number of oxazole rings is 1. The molecule has 132 valence electrons. The van der Waals surface area contributed by atoms with Crippen LogP contribution in [0.1, 0.15) is 5.56 Å². The summed E-state index contributed by atoms with van der Waals surface area (Å²) in [6.07, 6.45) is 0. The van der Waals surface area contributed by atoms with Crippen LogP contribution in [0.4, 0.5) is 5.13 Å². The lowest BCUT2D eigenvalue weighted by molar-refractivity contribution is -0.116. The Balaban J connectivity index is 1.50. The fraction of sp³-hybridized carbons (Fsp3) is 0.0526. The second-order valence-corrected chi connectivity index (χ2v) is 6.56. The summed E-state index contributed by atoms with van der Waals surface area (Å²) in [6.45, 7) is -0.165. The molecule has 0 bridgehead atoms. The van der Waals surface area contributed by atoms with Crippen LogP contribution in [0.15, 0.2) is 63.1 Å². The van der Waals surface area contributed by atoms with Gasteiger partial charge in [-0.25, -0.2) is 9.78 Å². The Morgan fingerprint density at radius 3 is 2.78 bits per heavy atom. The number of amides is 1. The fourth-order valence-electron chi connectivity index (χ4n) is 2.65. The summed E-state index contributed by atoms with van der Waals surface area (Å²) >= 11 is 1.28. The van der Waals surface area contributed by atoms with Crippen LogP contribution < -0.4 is 11.1 Å². The Morgan fingerprint density at radius 2 is 2.00 bits per heavy atom. The standard InChI is InChI=1S/C19H12N4O3S/c20-9-12-5-7-13(8-6-12)14-11-27-18(21-14)22-17(24)10-23-15-3-1-2-4-16(15)26-19(23)25/h1-8,11H,10H2,(H,21,22,24). The number of rotatable bonds is 4. The quantitative estimate of drug-likeness (QED) is 0.589. The van der Waals surface area contributed by atoms with Gasteiger partial charge in [0.05, 0.1) is 22.8 Å². The van der Waals surface area contributed by atoms with Gasteiger partial charge in [-0.05, 0) is 24.3 Å². The van der Waals surface area contributed by atoms with Crippen molar-refractivity contribution < 1.29 is 9.21 Å². The van der Waals surface area contributed by atoms with E-state index in [-0.39, 0.29) is 12.5 Å². The molecular formula is C19H12N4O3S. The van der Waals surface area contributed by atoms with Crippen LogP contribution in [0, 0.1) is 11.3 Å². The smallest absolute Gasteiger partial charge is 0.408 e. The van der Waals surface area contributed by atoms with Crippen LogP contribution in [0.3, 0.4) is 0 Å². The third kappa shape index (κ3) is 3.36. The summed E-state index contributed by atoms with van der Waals surface area (Å²) in [5.74, 6) is -0.951. The zero-order valence-corrected chi connectivity index (χ0v) is 14.7. The lowest BCUT2D eigenvalue weighted by atomic mass is 10.1. The monoisotopic (exact) mass is 376 g/mol. The number of aromatic nitrogens is 2. The molecule has 2 aromatic carbocycles. The molecule has 0 saturated heterocycles. The number of para-hydroxylation sites is 2. The number of fused-ring (bicyclic) bond motifs is 1. The first-order valence-corrected chi connectivity index (χ1v) is 8.86. The Bertz CT molecular complexity index is 1230. The van der Waals surface area contributed by atoms with E-state index in [1.165, 1.54) is 15.9 Å². The number of thiazole rings is 1. The number of nitrogens with zero attached hydrogens (tertiary/aromatic N) is 3. The van der Waals surface area contributed by atoms with Gasteiger partial charge in [-0.3, -0.25) is 9.36 Å². The zero-order chi connectivity index (χ0) is 18.8. The molecule has 1 N–H and O–H groups in total. The highest BCUT2D eigenvalue weighted by molar-refractivity contribution is 7.14. The highest BCUT2D eigenvalue weighted by Crippen LogP contribution is 2.25. The molecule has 1 amide bonds. The van der Waals surface area contributed by atoms with Crippen LogP contribution in [0.25, 0.3) is 22.4 Å². The van der Waals surface area contributed by atoms with Crippen molar-refractivity contribution in [2.45, 2.75) is 6.54 Å². The Kier molecular flexibility index (Phi) is 4.28. The zero-order valence-electron chi connectivity index (χ0n) is 13.9. The van der Waals surface area contributed by atoms with Crippen molar-refractivity contribution in [1.82, 2.24) is 9.55 Å². The Hall–Kier alpha value is -3.70. The minimum Gasteiger partial charge on any atom is -0.408 e. The number of benzene rings is 2. The second kappa shape index (κ2) is 6.90. The summed E-state index contributed by atoms with van der Waals surface area (Å²) < 4.78 is 6.40. The van der Waals surface area contributed by atoms with Gasteiger partial charge in [-0.1, -0.05) is 24.3 Å². The Labute approximate surface area is 157 Å². The van der Waals surface area contributed by atoms with Crippen molar-refractivity contribution in [2.24, 2.45) is 0 Å². The highest BCUT2D eigenvalue weighted by atomic mass is 32.1. The molecule has 2 aromatic heterocycles. The largest absolute Gasteiger partial charge is 0.420 e. The molecule has 0 aliphatic carbocycles. The molecule has 0 spiro atoms. The van der Waals surface area contributed by atoms with Crippen LogP contribution in [-0.4, -0.2) is 15.5 Å². The maximum atomic E-state index is 12.3. The lowest BCUT2D eigenvalue weighted by Gasteiger charge is -2.02. The average molecular weight is 376 g/mol. The third-order valence-electron chi connectivity index (χ3n) is 3.94. The van der Waals surface area contributed by atoms with E-state index < -0.39 is 5.76 Å². The maximum absolute atomic E-state index is 12.3. The van der Waals surface area contributed by atoms with E-state index in [1.54, 1.807) is 48.5 Å². The van der Waals surface area contributed by atoms with E-state index in [0.717, 1.165) is 5.56 Å². The molecule has 8 heteroatoms. The molecule has 27 heavy (non-hydrogen) atoms. The van der Waals surface area contributed by atoms with E-state index in [2.05, 4.69) is 16.4 Å². The second-order valence-electron chi connectivity index (χ2n) is 5.70. The normalized spacial score (nSPS) is 10.6. The number of hydrogen-bond donors (Lipinski definition) is 1. The number of nitriles is 1. The van der Waals surface area contributed by atoms with E-state index in [4.69, 9.17) is 9.68 Å². The van der Waals surface area contributed by atoms with Crippen molar-refractivity contribution in [1.29, 1.82) is 5.26 Å². The number of hydrogen-bond acceptors (Lipinski definition) is 6. The van der Waals surface area contributed by atoms with Crippen molar-refractivity contribution in [2.75, 3.05) is 5.32 Å². The van der Waals surface area contributed by atoms with Gasteiger partial charge in [-0.15, -0.1) is 11.3 Å². The van der Waals surface area contributed by atoms with Crippen molar-refractivity contribution >= 4 is 33.5 Å². The highest BCUT2D eigenvalue weighted by Gasteiger charge is 2.14. The maximum Gasteiger partial charge on any atom is 0.420 e. The first-order valence-electron chi connectivity index (χ1n) is 7.98. The van der Waals surface area contributed by atoms with Crippen LogP contribution in [-0.2, 0) is 11.3 Å². The molecule has 4 rings (SSSR count). The Morgan fingerprint density at radius 1 is 1.22 bits per heavy atom. The van der Waals surface area contributed by atoms with E-state index in [9.17, 15) is 9.59 Å². The summed E-state index contributed by atoms with van der Waals surface area (Å²) in [5, 5.41) is 13.8. The van der Waals surface area contributed by atoms with Crippen molar-refractivity contribution in [3.8, 4) is 17.3 Å². The van der Waals surface area contributed by atoms with Gasteiger partial charge in [0, 0.05) is 10.9 Å². The predicted octanol–water partition coefficient (Wildman–Crippen LogP) is 3.23. The summed E-state index contributed by atoms with van der Waals surface area (Å²) in [6, 6.07) is 16.0. The van der Waals surface area contributed by atoms with Gasteiger partial charge < -0.3 is 9.73 Å². The van der Waals surface area contributed by atoms with Gasteiger partial charge >= 0.3 is 5.76 Å². The molecule has 0 radical (unpaired) electrons. The lowest BCUT2D eigenvalue weighted by Crippen LogP contribution is -2.24. The van der Waals surface area contributed by atoms with E-state index >= 15 is 0 Å².